The fraction of sp³-hybridized carbons (Fsp3) is 0.533. The first-order chi connectivity index (χ1) is 10.2. The highest BCUT2D eigenvalue weighted by Gasteiger charge is 2.14. The number of hydrogen-bond donors (Lipinski definition) is 2. The third kappa shape index (κ3) is 4.73. The second-order valence-electron chi connectivity index (χ2n) is 5.18. The van der Waals surface area contributed by atoms with E-state index in [0.717, 1.165) is 25.9 Å². The average molecular weight is 291 g/mol. The lowest BCUT2D eigenvalue weighted by Crippen LogP contribution is -2.32. The van der Waals surface area contributed by atoms with Gasteiger partial charge in [0.1, 0.15) is 5.82 Å². The number of aromatic carboxylic acids is 1. The molecule has 2 heterocycles. The molecule has 1 amide bonds. The number of carboxylic acids is 1. The van der Waals surface area contributed by atoms with Crippen molar-refractivity contribution < 1.29 is 14.7 Å². The molecule has 6 heteroatoms. The predicted octanol–water partition coefficient (Wildman–Crippen LogP) is 1.98. The van der Waals surface area contributed by atoms with Gasteiger partial charge in [0.15, 0.2) is 5.69 Å². The van der Waals surface area contributed by atoms with Crippen LogP contribution in [0.1, 0.15) is 42.6 Å². The molecule has 21 heavy (non-hydrogen) atoms. The van der Waals surface area contributed by atoms with E-state index in [0.29, 0.717) is 18.8 Å². The predicted molar refractivity (Wildman–Crippen MR) is 79.4 cm³/mol. The van der Waals surface area contributed by atoms with Crippen LogP contribution in [0.5, 0.6) is 0 Å². The smallest absolute Gasteiger partial charge is 0.354 e. The number of likely N-dealkylation sites (tertiary alicyclic amines) is 1. The number of rotatable bonds is 5. The summed E-state index contributed by atoms with van der Waals surface area (Å²) in [5.74, 6) is -0.420. The van der Waals surface area contributed by atoms with Crippen molar-refractivity contribution in [3.05, 3.63) is 23.9 Å². The zero-order valence-electron chi connectivity index (χ0n) is 12.0. The maximum Gasteiger partial charge on any atom is 0.354 e. The first kappa shape index (κ1) is 15.3. The summed E-state index contributed by atoms with van der Waals surface area (Å²) in [5.41, 5.74) is -0.00107. The summed E-state index contributed by atoms with van der Waals surface area (Å²) < 4.78 is 0. The molecule has 2 rings (SSSR count). The van der Waals surface area contributed by atoms with Crippen LogP contribution in [-0.4, -0.2) is 46.5 Å². The number of carbonyl (C=O) groups is 2. The van der Waals surface area contributed by atoms with Crippen LogP contribution < -0.4 is 5.32 Å². The van der Waals surface area contributed by atoms with Crippen LogP contribution in [0.2, 0.25) is 0 Å². The molecule has 1 fully saturated rings. The molecular weight excluding hydrogens is 270 g/mol. The summed E-state index contributed by atoms with van der Waals surface area (Å²) in [6.45, 7) is 2.17. The van der Waals surface area contributed by atoms with Gasteiger partial charge in [0.25, 0.3) is 0 Å². The molecule has 0 atom stereocenters. The third-order valence-electron chi connectivity index (χ3n) is 3.57. The number of pyridine rings is 1. The summed E-state index contributed by atoms with van der Waals surface area (Å²) in [7, 11) is 0. The van der Waals surface area contributed by atoms with Crippen molar-refractivity contribution in [1.82, 2.24) is 9.88 Å². The lowest BCUT2D eigenvalue weighted by molar-refractivity contribution is -0.130. The highest BCUT2D eigenvalue weighted by Crippen LogP contribution is 2.11. The molecular formula is C15H21N3O3. The van der Waals surface area contributed by atoms with E-state index < -0.39 is 5.97 Å². The molecule has 1 aliphatic heterocycles. The van der Waals surface area contributed by atoms with E-state index >= 15 is 0 Å². The first-order valence-electron chi connectivity index (χ1n) is 7.39. The number of amides is 1. The minimum absolute atomic E-state index is 0.00107. The maximum atomic E-state index is 12.1. The van der Waals surface area contributed by atoms with Gasteiger partial charge in [-0.05, 0) is 25.0 Å². The molecule has 0 aromatic carbocycles. The first-order valence-corrected chi connectivity index (χ1v) is 7.39. The lowest BCUT2D eigenvalue weighted by Gasteiger charge is -2.20. The Kier molecular flexibility index (Phi) is 5.54. The number of carboxylic acid groups (broad SMARTS) is 1. The zero-order valence-corrected chi connectivity index (χ0v) is 12.0. The monoisotopic (exact) mass is 291 g/mol. The van der Waals surface area contributed by atoms with Crippen molar-refractivity contribution in [3.8, 4) is 0 Å². The van der Waals surface area contributed by atoms with Crippen molar-refractivity contribution in [1.29, 1.82) is 0 Å². The Morgan fingerprint density at radius 3 is 2.57 bits per heavy atom. The number of carbonyl (C=O) groups excluding carboxylic acids is 1. The second-order valence-corrected chi connectivity index (χ2v) is 5.18. The van der Waals surface area contributed by atoms with Crippen LogP contribution in [0.15, 0.2) is 18.2 Å². The summed E-state index contributed by atoms with van der Waals surface area (Å²) in [4.78, 5) is 28.8. The van der Waals surface area contributed by atoms with Crippen LogP contribution in [-0.2, 0) is 4.79 Å². The van der Waals surface area contributed by atoms with E-state index in [2.05, 4.69) is 10.3 Å². The molecule has 1 aliphatic rings. The van der Waals surface area contributed by atoms with E-state index in [4.69, 9.17) is 5.11 Å². The molecule has 114 valence electrons. The molecule has 1 saturated heterocycles. The van der Waals surface area contributed by atoms with Gasteiger partial charge in [-0.2, -0.15) is 0 Å². The molecule has 2 N–H and O–H groups in total. The molecule has 0 aliphatic carbocycles. The molecule has 0 saturated carbocycles. The summed E-state index contributed by atoms with van der Waals surface area (Å²) in [6.07, 6.45) is 4.98. The number of nitrogens with zero attached hydrogens (tertiary/aromatic N) is 2. The SMILES string of the molecule is O=C(O)c1cccc(NCCC(=O)N2CCCCCC2)n1. The fourth-order valence-electron chi connectivity index (χ4n) is 2.43. The highest BCUT2D eigenvalue weighted by atomic mass is 16.4. The molecule has 0 radical (unpaired) electrons. The van der Waals surface area contributed by atoms with Gasteiger partial charge < -0.3 is 15.3 Å². The highest BCUT2D eigenvalue weighted by molar-refractivity contribution is 5.85. The third-order valence-corrected chi connectivity index (χ3v) is 3.57. The molecule has 1 aromatic heterocycles. The van der Waals surface area contributed by atoms with E-state index in [1.54, 1.807) is 12.1 Å². The fourth-order valence-corrected chi connectivity index (χ4v) is 2.43. The topological polar surface area (TPSA) is 82.5 Å². The minimum atomic E-state index is -1.06. The van der Waals surface area contributed by atoms with Crippen molar-refractivity contribution in [2.75, 3.05) is 25.0 Å². The average Bonchev–Trinajstić information content (AvgIpc) is 2.76. The number of hydrogen-bond acceptors (Lipinski definition) is 4. The van der Waals surface area contributed by atoms with Crippen molar-refractivity contribution >= 4 is 17.7 Å². The van der Waals surface area contributed by atoms with Crippen molar-refractivity contribution in [3.63, 3.8) is 0 Å². The van der Waals surface area contributed by atoms with Crippen LogP contribution >= 0.6 is 0 Å². The van der Waals surface area contributed by atoms with Crippen LogP contribution in [0.4, 0.5) is 5.82 Å². The van der Waals surface area contributed by atoms with Gasteiger partial charge in [-0.3, -0.25) is 4.79 Å². The van der Waals surface area contributed by atoms with Gasteiger partial charge >= 0.3 is 5.97 Å². The maximum absolute atomic E-state index is 12.1. The Labute approximate surface area is 124 Å². The Hall–Kier alpha value is -2.11. The molecule has 6 nitrogen and oxygen atoms in total. The van der Waals surface area contributed by atoms with Crippen LogP contribution in [0.25, 0.3) is 0 Å². The van der Waals surface area contributed by atoms with E-state index in [-0.39, 0.29) is 11.6 Å². The van der Waals surface area contributed by atoms with Gasteiger partial charge in [0, 0.05) is 26.1 Å². The Bertz CT molecular complexity index is 497. The molecule has 0 bridgehead atoms. The Morgan fingerprint density at radius 1 is 1.19 bits per heavy atom. The van der Waals surface area contributed by atoms with Crippen molar-refractivity contribution in [2.24, 2.45) is 0 Å². The summed E-state index contributed by atoms with van der Waals surface area (Å²) >= 11 is 0. The van der Waals surface area contributed by atoms with Gasteiger partial charge in [-0.1, -0.05) is 18.9 Å². The van der Waals surface area contributed by atoms with Crippen molar-refractivity contribution in [2.45, 2.75) is 32.1 Å². The lowest BCUT2D eigenvalue weighted by atomic mass is 10.2. The summed E-state index contributed by atoms with van der Waals surface area (Å²) in [6, 6.07) is 4.77. The zero-order chi connectivity index (χ0) is 15.1. The van der Waals surface area contributed by atoms with E-state index in [9.17, 15) is 9.59 Å². The Morgan fingerprint density at radius 2 is 1.90 bits per heavy atom. The van der Waals surface area contributed by atoms with Gasteiger partial charge in [0.2, 0.25) is 5.91 Å². The minimum Gasteiger partial charge on any atom is -0.477 e. The Balaban J connectivity index is 1.79. The standard InChI is InChI=1S/C15H21N3O3/c19-14(18-10-3-1-2-4-11-18)8-9-16-13-7-5-6-12(17-13)15(20)21/h5-7H,1-4,8-11H2,(H,16,17)(H,20,21). The summed E-state index contributed by atoms with van der Waals surface area (Å²) in [5, 5.41) is 11.9. The number of nitrogens with one attached hydrogen (secondary N) is 1. The molecule has 1 aromatic rings. The number of aromatic nitrogens is 1. The van der Waals surface area contributed by atoms with E-state index in [1.807, 2.05) is 4.90 Å². The van der Waals surface area contributed by atoms with Gasteiger partial charge in [-0.15, -0.1) is 0 Å². The quantitative estimate of drug-likeness (QED) is 0.867. The van der Waals surface area contributed by atoms with E-state index in [1.165, 1.54) is 18.9 Å². The second kappa shape index (κ2) is 7.61. The normalized spacial score (nSPS) is 15.3. The van der Waals surface area contributed by atoms with Crippen LogP contribution in [0.3, 0.4) is 0 Å². The number of anilines is 1. The van der Waals surface area contributed by atoms with Gasteiger partial charge in [0.05, 0.1) is 0 Å². The van der Waals surface area contributed by atoms with Gasteiger partial charge in [-0.25, -0.2) is 9.78 Å². The molecule has 0 spiro atoms. The largest absolute Gasteiger partial charge is 0.477 e. The molecule has 0 unspecified atom stereocenters. The van der Waals surface area contributed by atoms with Crippen LogP contribution in [0, 0.1) is 0 Å².